The minimum Gasteiger partial charge on any atom is -0.379 e. The van der Waals surface area contributed by atoms with E-state index in [0.717, 1.165) is 23.3 Å². The Morgan fingerprint density at radius 1 is 0.848 bits per heavy atom. The number of H-pyrrole nitrogens is 1. The Hall–Kier alpha value is -3.42. The average molecular weight is 449 g/mol. The number of rotatable bonds is 5. The van der Waals surface area contributed by atoms with Crippen molar-refractivity contribution >= 4 is 0 Å². The minimum atomic E-state index is -0.491. The van der Waals surface area contributed by atoms with E-state index in [0.29, 0.717) is 43.1 Å². The zero-order chi connectivity index (χ0) is 22.8. The summed E-state index contributed by atoms with van der Waals surface area (Å²) < 4.78 is 48.1. The van der Waals surface area contributed by atoms with Gasteiger partial charge in [-0.1, -0.05) is 36.4 Å². The molecule has 1 N–H and O–H groups in total. The Morgan fingerprint density at radius 3 is 2.33 bits per heavy atom. The third-order valence-electron chi connectivity index (χ3n) is 5.98. The lowest BCUT2D eigenvalue weighted by atomic mass is 9.93. The summed E-state index contributed by atoms with van der Waals surface area (Å²) in [5.74, 6) is -1.30. The van der Waals surface area contributed by atoms with Crippen molar-refractivity contribution < 1.29 is 17.9 Å². The molecule has 1 saturated heterocycles. The molecule has 3 aromatic carbocycles. The second-order valence-electron chi connectivity index (χ2n) is 7.98. The van der Waals surface area contributed by atoms with Gasteiger partial charge in [0, 0.05) is 29.8 Å². The molecule has 1 unspecified atom stereocenters. The molecule has 1 fully saturated rings. The van der Waals surface area contributed by atoms with Crippen LogP contribution >= 0.6 is 0 Å². The molecule has 168 valence electrons. The molecule has 1 aliphatic rings. The van der Waals surface area contributed by atoms with Gasteiger partial charge in [-0.2, -0.15) is 5.10 Å². The summed E-state index contributed by atoms with van der Waals surface area (Å²) >= 11 is 0. The molecule has 0 radical (unpaired) electrons. The smallest absolute Gasteiger partial charge is 0.132 e. The molecule has 4 aromatic rings. The minimum absolute atomic E-state index is 0.208. The van der Waals surface area contributed by atoms with Crippen LogP contribution in [0.2, 0.25) is 0 Å². The fourth-order valence-electron chi connectivity index (χ4n) is 4.37. The zero-order valence-corrected chi connectivity index (χ0v) is 17.8. The highest BCUT2D eigenvalue weighted by molar-refractivity contribution is 5.67. The number of nitrogens with zero attached hydrogens (tertiary/aromatic N) is 2. The summed E-state index contributed by atoms with van der Waals surface area (Å²) in [6.45, 7) is 2.59. The van der Waals surface area contributed by atoms with E-state index < -0.39 is 11.6 Å². The molecular weight excluding hydrogens is 427 g/mol. The summed E-state index contributed by atoms with van der Waals surface area (Å²) in [7, 11) is 0. The van der Waals surface area contributed by atoms with Gasteiger partial charge in [0.1, 0.15) is 17.5 Å². The number of halogens is 3. The van der Waals surface area contributed by atoms with Gasteiger partial charge in [0.05, 0.1) is 31.1 Å². The molecule has 4 nitrogen and oxygen atoms in total. The largest absolute Gasteiger partial charge is 0.379 e. The highest BCUT2D eigenvalue weighted by Gasteiger charge is 2.28. The van der Waals surface area contributed by atoms with Gasteiger partial charge in [-0.15, -0.1) is 0 Å². The number of aromatic nitrogens is 2. The third-order valence-corrected chi connectivity index (χ3v) is 5.98. The number of benzene rings is 3. The normalized spacial score (nSPS) is 15.5. The van der Waals surface area contributed by atoms with Crippen LogP contribution in [-0.4, -0.2) is 41.4 Å². The highest BCUT2D eigenvalue weighted by atomic mass is 19.1. The number of aromatic amines is 1. The van der Waals surface area contributed by atoms with E-state index in [1.165, 1.54) is 12.1 Å². The van der Waals surface area contributed by atoms with E-state index >= 15 is 0 Å². The summed E-state index contributed by atoms with van der Waals surface area (Å²) in [5.41, 5.74) is 3.63. The summed E-state index contributed by atoms with van der Waals surface area (Å²) in [6, 6.07) is 17.2. The Bertz CT molecular complexity index is 1250. The van der Waals surface area contributed by atoms with Crippen LogP contribution in [0.25, 0.3) is 22.4 Å². The van der Waals surface area contributed by atoms with Crippen LogP contribution in [-0.2, 0) is 4.74 Å². The molecule has 0 spiro atoms. The van der Waals surface area contributed by atoms with Gasteiger partial charge in [0.25, 0.3) is 0 Å². The molecule has 1 aliphatic heterocycles. The zero-order valence-electron chi connectivity index (χ0n) is 17.8. The van der Waals surface area contributed by atoms with Crippen LogP contribution in [0.1, 0.15) is 17.2 Å². The predicted octanol–water partition coefficient (Wildman–Crippen LogP) is 5.58. The molecule has 5 rings (SSSR count). The van der Waals surface area contributed by atoms with Gasteiger partial charge in [-0.3, -0.25) is 10.00 Å². The van der Waals surface area contributed by atoms with Gasteiger partial charge in [0.2, 0.25) is 0 Å². The molecule has 7 heteroatoms. The quantitative estimate of drug-likeness (QED) is 0.432. The summed E-state index contributed by atoms with van der Waals surface area (Å²) in [5, 5.41) is 7.19. The van der Waals surface area contributed by atoms with Crippen molar-refractivity contribution in [2.75, 3.05) is 26.3 Å². The number of morpholine rings is 1. The second kappa shape index (κ2) is 9.21. The van der Waals surface area contributed by atoms with Crippen molar-refractivity contribution in [1.29, 1.82) is 0 Å². The van der Waals surface area contributed by atoms with E-state index in [-0.39, 0.29) is 17.4 Å². The summed E-state index contributed by atoms with van der Waals surface area (Å²) in [6.07, 6.45) is 1.72. The molecule has 1 atom stereocenters. The number of hydrogen-bond donors (Lipinski definition) is 1. The molecule has 0 amide bonds. The number of nitrogens with one attached hydrogen (secondary N) is 1. The first-order chi connectivity index (χ1) is 16.1. The highest BCUT2D eigenvalue weighted by Crippen LogP contribution is 2.37. The van der Waals surface area contributed by atoms with E-state index in [1.807, 2.05) is 12.1 Å². The fraction of sp³-hybridized carbons (Fsp3) is 0.192. The third kappa shape index (κ3) is 4.29. The van der Waals surface area contributed by atoms with Gasteiger partial charge >= 0.3 is 0 Å². The Labute approximate surface area is 189 Å². The monoisotopic (exact) mass is 449 g/mol. The van der Waals surface area contributed by atoms with Gasteiger partial charge in [-0.05, 0) is 41.5 Å². The Morgan fingerprint density at radius 2 is 1.58 bits per heavy atom. The molecule has 0 saturated carbocycles. The van der Waals surface area contributed by atoms with E-state index in [1.54, 1.807) is 36.5 Å². The first-order valence-corrected chi connectivity index (χ1v) is 10.8. The fourth-order valence-corrected chi connectivity index (χ4v) is 4.37. The van der Waals surface area contributed by atoms with Crippen LogP contribution in [0.3, 0.4) is 0 Å². The van der Waals surface area contributed by atoms with Crippen molar-refractivity contribution in [3.05, 3.63) is 102 Å². The second-order valence-corrected chi connectivity index (χ2v) is 7.98. The van der Waals surface area contributed by atoms with Crippen molar-refractivity contribution in [2.24, 2.45) is 0 Å². The first-order valence-electron chi connectivity index (χ1n) is 10.8. The predicted molar refractivity (Wildman–Crippen MR) is 120 cm³/mol. The van der Waals surface area contributed by atoms with Gasteiger partial charge < -0.3 is 4.74 Å². The van der Waals surface area contributed by atoms with E-state index in [2.05, 4.69) is 15.1 Å². The van der Waals surface area contributed by atoms with E-state index in [4.69, 9.17) is 4.74 Å². The molecule has 0 aliphatic carbocycles. The van der Waals surface area contributed by atoms with Gasteiger partial charge in [-0.25, -0.2) is 13.2 Å². The lowest BCUT2D eigenvalue weighted by Crippen LogP contribution is -2.39. The standard InChI is InChI=1S/C26H22F3N3O/c27-19-9-10-24(29)21(15-19)17-5-7-18(8-6-17)26(32-11-13-33-14-12-32)22-16-30-31-25(22)20-3-1-2-4-23(20)28/h1-10,15-16,26H,11-14H2,(H,30,31). The van der Waals surface area contributed by atoms with E-state index in [9.17, 15) is 13.2 Å². The van der Waals surface area contributed by atoms with Crippen LogP contribution in [0.4, 0.5) is 13.2 Å². The van der Waals surface area contributed by atoms with Crippen molar-refractivity contribution in [3.8, 4) is 22.4 Å². The molecular formula is C26H22F3N3O. The Kier molecular flexibility index (Phi) is 5.98. The van der Waals surface area contributed by atoms with Crippen LogP contribution < -0.4 is 0 Å². The van der Waals surface area contributed by atoms with Crippen molar-refractivity contribution in [3.63, 3.8) is 0 Å². The molecule has 33 heavy (non-hydrogen) atoms. The lowest BCUT2D eigenvalue weighted by molar-refractivity contribution is 0.0240. The maximum absolute atomic E-state index is 14.6. The molecule has 1 aromatic heterocycles. The van der Waals surface area contributed by atoms with Crippen LogP contribution in [0.15, 0.2) is 72.9 Å². The molecule has 0 bridgehead atoms. The summed E-state index contributed by atoms with van der Waals surface area (Å²) in [4.78, 5) is 2.26. The van der Waals surface area contributed by atoms with Gasteiger partial charge in [0.15, 0.2) is 0 Å². The number of ether oxygens (including phenoxy) is 1. The molecule has 2 heterocycles. The maximum atomic E-state index is 14.6. The Balaban J connectivity index is 1.57. The lowest BCUT2D eigenvalue weighted by Gasteiger charge is -2.35. The maximum Gasteiger partial charge on any atom is 0.132 e. The SMILES string of the molecule is Fc1ccc(F)c(-c2ccc(C(c3cn[nH]c3-c3ccccc3F)N3CCOCC3)cc2)c1. The number of hydrogen-bond acceptors (Lipinski definition) is 3. The van der Waals surface area contributed by atoms with Crippen LogP contribution in [0, 0.1) is 17.5 Å². The first kappa shape index (κ1) is 21.4. The van der Waals surface area contributed by atoms with Crippen LogP contribution in [0.5, 0.6) is 0 Å². The van der Waals surface area contributed by atoms with Crippen molar-refractivity contribution in [1.82, 2.24) is 15.1 Å². The topological polar surface area (TPSA) is 41.2 Å². The average Bonchev–Trinajstić information content (AvgIpc) is 3.31. The van der Waals surface area contributed by atoms with Crippen molar-refractivity contribution in [2.45, 2.75) is 6.04 Å².